The molecule has 104 valence electrons. The lowest BCUT2D eigenvalue weighted by Gasteiger charge is -2.35. The fourth-order valence-corrected chi connectivity index (χ4v) is 2.86. The van der Waals surface area contributed by atoms with Gasteiger partial charge in [-0.1, -0.05) is 29.8 Å². The molecule has 0 aliphatic carbocycles. The zero-order valence-electron chi connectivity index (χ0n) is 11.3. The van der Waals surface area contributed by atoms with Gasteiger partial charge in [0.25, 0.3) is 0 Å². The molecule has 0 radical (unpaired) electrons. The predicted octanol–water partition coefficient (Wildman–Crippen LogP) is 2.43. The van der Waals surface area contributed by atoms with Crippen LogP contribution in [0.1, 0.15) is 28.6 Å². The van der Waals surface area contributed by atoms with Crippen LogP contribution in [-0.2, 0) is 11.2 Å². The summed E-state index contributed by atoms with van der Waals surface area (Å²) in [6, 6.07) is 8.08. The van der Waals surface area contributed by atoms with Gasteiger partial charge < -0.3 is 9.88 Å². The number of nitrogens with zero attached hydrogens (tertiary/aromatic N) is 2. The van der Waals surface area contributed by atoms with Gasteiger partial charge in [0.05, 0.1) is 12.0 Å². The van der Waals surface area contributed by atoms with Crippen molar-refractivity contribution in [2.24, 2.45) is 0 Å². The molecule has 20 heavy (non-hydrogen) atoms. The van der Waals surface area contributed by atoms with E-state index in [-0.39, 0.29) is 17.8 Å². The summed E-state index contributed by atoms with van der Waals surface area (Å²) in [7, 11) is 0. The molecule has 3 rings (SSSR count). The first-order valence-corrected chi connectivity index (χ1v) is 7.18. The monoisotopic (exact) mass is 289 g/mol. The Morgan fingerprint density at radius 2 is 2.20 bits per heavy atom. The third-order valence-electron chi connectivity index (χ3n) is 3.75. The van der Waals surface area contributed by atoms with Crippen LogP contribution in [-0.4, -0.2) is 33.2 Å². The maximum absolute atomic E-state index is 12.1. The third kappa shape index (κ3) is 2.20. The van der Waals surface area contributed by atoms with E-state index in [0.717, 1.165) is 23.4 Å². The minimum absolute atomic E-state index is 0.00210. The number of rotatable bonds is 2. The Hall–Kier alpha value is -1.81. The van der Waals surface area contributed by atoms with Gasteiger partial charge in [-0.15, -0.1) is 11.6 Å². The highest BCUT2D eigenvalue weighted by Gasteiger charge is 2.33. The van der Waals surface area contributed by atoms with Crippen molar-refractivity contribution in [2.75, 3.05) is 12.4 Å². The van der Waals surface area contributed by atoms with Crippen molar-refractivity contribution in [3.63, 3.8) is 0 Å². The zero-order valence-corrected chi connectivity index (χ0v) is 12.0. The van der Waals surface area contributed by atoms with Gasteiger partial charge in [0.15, 0.2) is 0 Å². The Labute approximate surface area is 122 Å². The lowest BCUT2D eigenvalue weighted by atomic mass is 9.95. The number of hydrogen-bond donors (Lipinski definition) is 1. The number of H-pyrrole nitrogens is 1. The van der Waals surface area contributed by atoms with Crippen molar-refractivity contribution >= 4 is 17.5 Å². The number of alkyl halides is 1. The smallest absolute Gasteiger partial charge is 0.238 e. The van der Waals surface area contributed by atoms with Crippen molar-refractivity contribution in [2.45, 2.75) is 19.4 Å². The summed E-state index contributed by atoms with van der Waals surface area (Å²) in [4.78, 5) is 21.5. The Bertz CT molecular complexity index is 620. The molecule has 0 bridgehead atoms. The molecule has 4 nitrogen and oxygen atoms in total. The molecular formula is C15H16ClN3O. The standard InChI is InChI=1S/C15H16ClN3O/c1-10-2-4-11(5-3-10)15-14-12(17-9-18-14)6-7-19(15)13(20)8-16/h2-5,9,15H,6-8H2,1H3,(H,17,18). The Morgan fingerprint density at radius 1 is 1.45 bits per heavy atom. The van der Waals surface area contributed by atoms with Gasteiger partial charge in [-0.25, -0.2) is 4.98 Å². The molecule has 1 N–H and O–H groups in total. The molecule has 1 unspecified atom stereocenters. The highest BCUT2D eigenvalue weighted by atomic mass is 35.5. The van der Waals surface area contributed by atoms with Crippen LogP contribution in [0.2, 0.25) is 0 Å². The molecule has 1 aliphatic heterocycles. The van der Waals surface area contributed by atoms with E-state index in [4.69, 9.17) is 11.6 Å². The van der Waals surface area contributed by atoms with Crippen LogP contribution in [0.5, 0.6) is 0 Å². The van der Waals surface area contributed by atoms with Crippen molar-refractivity contribution in [3.8, 4) is 0 Å². The van der Waals surface area contributed by atoms with E-state index in [1.165, 1.54) is 5.56 Å². The van der Waals surface area contributed by atoms with Gasteiger partial charge in [-0.3, -0.25) is 4.79 Å². The molecule has 0 saturated carbocycles. The molecule has 2 heterocycles. The highest BCUT2D eigenvalue weighted by molar-refractivity contribution is 6.27. The number of carbonyl (C=O) groups excluding carboxylic acids is 1. The Balaban J connectivity index is 2.06. The number of benzene rings is 1. The van der Waals surface area contributed by atoms with Crippen LogP contribution < -0.4 is 0 Å². The molecule has 2 aromatic rings. The van der Waals surface area contributed by atoms with Crippen LogP contribution in [0, 0.1) is 6.92 Å². The molecule has 1 aliphatic rings. The number of hydrogen-bond acceptors (Lipinski definition) is 2. The number of imidazole rings is 1. The van der Waals surface area contributed by atoms with Gasteiger partial charge in [0.2, 0.25) is 5.91 Å². The van der Waals surface area contributed by atoms with Crippen molar-refractivity contribution in [1.82, 2.24) is 14.9 Å². The summed E-state index contributed by atoms with van der Waals surface area (Å²) in [5.74, 6) is -0.0480. The highest BCUT2D eigenvalue weighted by Crippen LogP contribution is 2.33. The fraction of sp³-hybridized carbons (Fsp3) is 0.333. The van der Waals surface area contributed by atoms with E-state index in [1.807, 2.05) is 11.8 Å². The molecule has 5 heteroatoms. The lowest BCUT2D eigenvalue weighted by Crippen LogP contribution is -2.41. The number of nitrogens with one attached hydrogen (secondary N) is 1. The number of halogens is 1. The summed E-state index contributed by atoms with van der Waals surface area (Å²) in [6.45, 7) is 2.71. The molecule has 1 aromatic carbocycles. The second-order valence-corrected chi connectivity index (χ2v) is 5.32. The summed E-state index contributed by atoms with van der Waals surface area (Å²) in [6.07, 6.45) is 2.49. The quantitative estimate of drug-likeness (QED) is 0.863. The largest absolute Gasteiger partial charge is 0.348 e. The van der Waals surface area contributed by atoms with Crippen LogP contribution in [0.3, 0.4) is 0 Å². The third-order valence-corrected chi connectivity index (χ3v) is 3.98. The Morgan fingerprint density at radius 3 is 2.90 bits per heavy atom. The molecule has 0 saturated heterocycles. The number of fused-ring (bicyclic) bond motifs is 1. The molecule has 0 spiro atoms. The van der Waals surface area contributed by atoms with Crippen LogP contribution >= 0.6 is 11.6 Å². The fourth-order valence-electron chi connectivity index (χ4n) is 2.71. The van der Waals surface area contributed by atoms with Crippen LogP contribution in [0.4, 0.5) is 0 Å². The van der Waals surface area contributed by atoms with Crippen LogP contribution in [0.25, 0.3) is 0 Å². The maximum Gasteiger partial charge on any atom is 0.238 e. The minimum Gasteiger partial charge on any atom is -0.348 e. The average molecular weight is 290 g/mol. The van der Waals surface area contributed by atoms with E-state index in [0.29, 0.717) is 6.54 Å². The number of aryl methyl sites for hydroxylation is 1. The first kappa shape index (κ1) is 13.2. The topological polar surface area (TPSA) is 49.0 Å². The molecular weight excluding hydrogens is 274 g/mol. The number of aromatic amines is 1. The molecule has 1 amide bonds. The summed E-state index contributed by atoms with van der Waals surface area (Å²) in [5.41, 5.74) is 4.30. The van der Waals surface area contributed by atoms with E-state index in [2.05, 4.69) is 34.2 Å². The van der Waals surface area contributed by atoms with Crippen molar-refractivity contribution in [3.05, 3.63) is 53.1 Å². The minimum atomic E-state index is -0.142. The van der Waals surface area contributed by atoms with Gasteiger partial charge in [0.1, 0.15) is 11.9 Å². The van der Waals surface area contributed by atoms with Gasteiger partial charge in [-0.05, 0) is 12.5 Å². The summed E-state index contributed by atoms with van der Waals surface area (Å²) < 4.78 is 0. The average Bonchev–Trinajstić information content (AvgIpc) is 2.95. The normalized spacial score (nSPS) is 17.9. The summed E-state index contributed by atoms with van der Waals surface area (Å²) in [5, 5.41) is 0. The van der Waals surface area contributed by atoms with E-state index in [9.17, 15) is 4.79 Å². The van der Waals surface area contributed by atoms with E-state index in [1.54, 1.807) is 6.33 Å². The molecule has 1 aromatic heterocycles. The second kappa shape index (κ2) is 5.29. The number of carbonyl (C=O) groups is 1. The van der Waals surface area contributed by atoms with E-state index < -0.39 is 0 Å². The second-order valence-electron chi connectivity index (χ2n) is 5.05. The lowest BCUT2D eigenvalue weighted by molar-refractivity contribution is -0.130. The predicted molar refractivity (Wildman–Crippen MR) is 77.7 cm³/mol. The molecule has 1 atom stereocenters. The zero-order chi connectivity index (χ0) is 14.1. The maximum atomic E-state index is 12.1. The van der Waals surface area contributed by atoms with Crippen molar-refractivity contribution < 1.29 is 4.79 Å². The van der Waals surface area contributed by atoms with Gasteiger partial charge in [0, 0.05) is 18.7 Å². The number of amides is 1. The summed E-state index contributed by atoms with van der Waals surface area (Å²) >= 11 is 5.74. The SMILES string of the molecule is Cc1ccc(C2c3nc[nH]c3CCN2C(=O)CCl)cc1. The van der Waals surface area contributed by atoms with Gasteiger partial charge >= 0.3 is 0 Å². The Kier molecular flexibility index (Phi) is 3.49. The first-order chi connectivity index (χ1) is 9.70. The van der Waals surface area contributed by atoms with E-state index >= 15 is 0 Å². The van der Waals surface area contributed by atoms with Crippen molar-refractivity contribution in [1.29, 1.82) is 0 Å². The number of aromatic nitrogens is 2. The first-order valence-electron chi connectivity index (χ1n) is 6.65. The molecule has 0 fully saturated rings. The van der Waals surface area contributed by atoms with Gasteiger partial charge in [-0.2, -0.15) is 0 Å². The van der Waals surface area contributed by atoms with Crippen LogP contribution in [0.15, 0.2) is 30.6 Å².